The fourth-order valence-electron chi connectivity index (χ4n) is 1.39. The van der Waals surface area contributed by atoms with E-state index in [-0.39, 0.29) is 23.3 Å². The predicted molar refractivity (Wildman–Crippen MR) is 80.8 cm³/mol. The molecule has 7 heteroatoms. The van der Waals surface area contributed by atoms with Gasteiger partial charge in [0.25, 0.3) is 0 Å². The van der Waals surface area contributed by atoms with E-state index in [1.807, 2.05) is 0 Å². The van der Waals surface area contributed by atoms with Gasteiger partial charge in [0.1, 0.15) is 5.75 Å². The number of rotatable bonds is 7. The Hall–Kier alpha value is -1.73. The quantitative estimate of drug-likeness (QED) is 0.734. The Morgan fingerprint density at radius 3 is 2.30 bits per heavy atom. The molecule has 20 heavy (non-hydrogen) atoms. The SMILES string of the molecule is COc1ccc(NC(=O)CSCC(=O)NN(C)C)cc1. The minimum Gasteiger partial charge on any atom is -0.497 e. The third-order valence-corrected chi connectivity index (χ3v) is 3.12. The number of carbonyl (C=O) groups is 2. The van der Waals surface area contributed by atoms with E-state index in [1.54, 1.807) is 50.5 Å². The van der Waals surface area contributed by atoms with Crippen molar-refractivity contribution in [2.75, 3.05) is 38.0 Å². The van der Waals surface area contributed by atoms with Crippen molar-refractivity contribution in [1.29, 1.82) is 0 Å². The number of ether oxygens (including phenoxy) is 1. The highest BCUT2D eigenvalue weighted by Crippen LogP contribution is 2.15. The third-order valence-electron chi connectivity index (χ3n) is 2.19. The summed E-state index contributed by atoms with van der Waals surface area (Å²) in [7, 11) is 5.06. The highest BCUT2D eigenvalue weighted by atomic mass is 32.2. The summed E-state index contributed by atoms with van der Waals surface area (Å²) in [5, 5.41) is 4.32. The molecule has 0 aromatic heterocycles. The zero-order valence-electron chi connectivity index (χ0n) is 11.8. The zero-order chi connectivity index (χ0) is 15.0. The lowest BCUT2D eigenvalue weighted by molar-refractivity contribution is -0.122. The molecule has 0 aliphatic carbocycles. The summed E-state index contributed by atoms with van der Waals surface area (Å²) in [6.07, 6.45) is 0. The van der Waals surface area contributed by atoms with Gasteiger partial charge in [-0.15, -0.1) is 11.8 Å². The van der Waals surface area contributed by atoms with Crippen LogP contribution in [0.25, 0.3) is 0 Å². The second-order valence-electron chi connectivity index (χ2n) is 4.20. The summed E-state index contributed by atoms with van der Waals surface area (Å²) >= 11 is 1.26. The first kappa shape index (κ1) is 16.3. The summed E-state index contributed by atoms with van der Waals surface area (Å²) < 4.78 is 5.03. The number of methoxy groups -OCH3 is 1. The van der Waals surface area contributed by atoms with Crippen molar-refractivity contribution in [3.63, 3.8) is 0 Å². The molecular formula is C13H19N3O3S. The van der Waals surface area contributed by atoms with Gasteiger partial charge in [-0.05, 0) is 24.3 Å². The molecule has 1 aromatic carbocycles. The van der Waals surface area contributed by atoms with Crippen molar-refractivity contribution < 1.29 is 14.3 Å². The molecule has 1 rings (SSSR count). The first-order chi connectivity index (χ1) is 9.51. The van der Waals surface area contributed by atoms with Crippen molar-refractivity contribution in [3.05, 3.63) is 24.3 Å². The smallest absolute Gasteiger partial charge is 0.244 e. The van der Waals surface area contributed by atoms with E-state index >= 15 is 0 Å². The Labute approximate surface area is 122 Å². The molecular weight excluding hydrogens is 278 g/mol. The van der Waals surface area contributed by atoms with Gasteiger partial charge in [0.2, 0.25) is 11.8 Å². The number of nitrogens with zero attached hydrogens (tertiary/aromatic N) is 1. The summed E-state index contributed by atoms with van der Waals surface area (Å²) in [4.78, 5) is 23.0. The third kappa shape index (κ3) is 6.44. The normalized spacial score (nSPS) is 10.2. The molecule has 0 bridgehead atoms. The van der Waals surface area contributed by atoms with Crippen LogP contribution in [0.1, 0.15) is 0 Å². The lowest BCUT2D eigenvalue weighted by atomic mass is 10.3. The van der Waals surface area contributed by atoms with Crippen LogP contribution in [0.15, 0.2) is 24.3 Å². The molecule has 2 amide bonds. The zero-order valence-corrected chi connectivity index (χ0v) is 12.6. The van der Waals surface area contributed by atoms with E-state index < -0.39 is 0 Å². The number of nitrogens with one attached hydrogen (secondary N) is 2. The van der Waals surface area contributed by atoms with Crippen molar-refractivity contribution in [2.45, 2.75) is 0 Å². The van der Waals surface area contributed by atoms with Gasteiger partial charge in [0.05, 0.1) is 18.6 Å². The molecule has 110 valence electrons. The minimum absolute atomic E-state index is 0.128. The molecule has 0 spiro atoms. The van der Waals surface area contributed by atoms with Gasteiger partial charge in [-0.2, -0.15) is 0 Å². The van der Waals surface area contributed by atoms with Crippen molar-refractivity contribution in [3.8, 4) is 5.75 Å². The van der Waals surface area contributed by atoms with Crippen molar-refractivity contribution >= 4 is 29.3 Å². The minimum atomic E-state index is -0.141. The van der Waals surface area contributed by atoms with E-state index in [9.17, 15) is 9.59 Å². The molecule has 0 fully saturated rings. The second-order valence-corrected chi connectivity index (χ2v) is 5.18. The molecule has 0 saturated carbocycles. The number of hydrazine groups is 1. The first-order valence-electron chi connectivity index (χ1n) is 5.99. The highest BCUT2D eigenvalue weighted by molar-refractivity contribution is 8.00. The summed E-state index contributed by atoms with van der Waals surface area (Å²) in [6, 6.07) is 7.07. The second kappa shape index (κ2) is 8.44. The van der Waals surface area contributed by atoms with Crippen LogP contribution in [-0.2, 0) is 9.59 Å². The number of thioether (sulfide) groups is 1. The lowest BCUT2D eigenvalue weighted by Gasteiger charge is -2.11. The van der Waals surface area contributed by atoms with E-state index in [2.05, 4.69) is 10.7 Å². The van der Waals surface area contributed by atoms with Crippen molar-refractivity contribution in [2.24, 2.45) is 0 Å². The van der Waals surface area contributed by atoms with E-state index in [4.69, 9.17) is 4.74 Å². The predicted octanol–water partition coefficient (Wildman–Crippen LogP) is 0.960. The largest absolute Gasteiger partial charge is 0.497 e. The number of hydrogen-bond donors (Lipinski definition) is 2. The van der Waals surface area contributed by atoms with Gasteiger partial charge in [0.15, 0.2) is 0 Å². The van der Waals surface area contributed by atoms with Crippen LogP contribution in [0.4, 0.5) is 5.69 Å². The molecule has 1 aromatic rings. The highest BCUT2D eigenvalue weighted by Gasteiger charge is 2.06. The topological polar surface area (TPSA) is 70.7 Å². The van der Waals surface area contributed by atoms with E-state index in [0.717, 1.165) is 5.75 Å². The maximum Gasteiger partial charge on any atom is 0.244 e. The Balaban J connectivity index is 2.27. The van der Waals surface area contributed by atoms with Crippen LogP contribution in [0.2, 0.25) is 0 Å². The van der Waals surface area contributed by atoms with Crippen LogP contribution in [-0.4, -0.2) is 49.5 Å². The monoisotopic (exact) mass is 297 g/mol. The van der Waals surface area contributed by atoms with Crippen LogP contribution in [0, 0.1) is 0 Å². The standard InChI is InChI=1S/C13H19N3O3S/c1-16(2)15-13(18)9-20-8-12(17)14-10-4-6-11(19-3)7-5-10/h4-7H,8-9H2,1-3H3,(H,14,17)(H,15,18). The average molecular weight is 297 g/mol. The van der Waals surface area contributed by atoms with Crippen LogP contribution in [0.5, 0.6) is 5.75 Å². The summed E-state index contributed by atoms with van der Waals surface area (Å²) in [6.45, 7) is 0. The van der Waals surface area contributed by atoms with Crippen molar-refractivity contribution in [1.82, 2.24) is 10.4 Å². The number of carbonyl (C=O) groups excluding carboxylic acids is 2. The Kier molecular flexibility index (Phi) is 6.89. The first-order valence-corrected chi connectivity index (χ1v) is 7.15. The molecule has 0 aliphatic rings. The van der Waals surface area contributed by atoms with Gasteiger partial charge >= 0.3 is 0 Å². The average Bonchev–Trinajstić information content (AvgIpc) is 2.38. The fraction of sp³-hybridized carbons (Fsp3) is 0.385. The number of hydrogen-bond acceptors (Lipinski definition) is 5. The van der Waals surface area contributed by atoms with Gasteiger partial charge < -0.3 is 10.1 Å². The Morgan fingerprint density at radius 2 is 1.75 bits per heavy atom. The van der Waals surface area contributed by atoms with E-state index in [1.165, 1.54) is 11.8 Å². The molecule has 0 heterocycles. The van der Waals surface area contributed by atoms with Crippen LogP contribution < -0.4 is 15.5 Å². The molecule has 0 saturated heterocycles. The summed E-state index contributed by atoms with van der Waals surface area (Å²) in [5.74, 6) is 0.939. The van der Waals surface area contributed by atoms with Gasteiger partial charge in [-0.25, -0.2) is 5.01 Å². The van der Waals surface area contributed by atoms with Gasteiger partial charge in [0, 0.05) is 19.8 Å². The number of anilines is 1. The molecule has 0 atom stereocenters. The lowest BCUT2D eigenvalue weighted by Crippen LogP contribution is -2.37. The fourth-order valence-corrected chi connectivity index (χ4v) is 2.00. The maximum absolute atomic E-state index is 11.7. The molecule has 0 aliphatic heterocycles. The van der Waals surface area contributed by atoms with Crippen LogP contribution in [0.3, 0.4) is 0 Å². The van der Waals surface area contributed by atoms with Gasteiger partial charge in [-0.1, -0.05) is 0 Å². The molecule has 0 radical (unpaired) electrons. The van der Waals surface area contributed by atoms with Gasteiger partial charge in [-0.3, -0.25) is 15.0 Å². The number of benzene rings is 1. The van der Waals surface area contributed by atoms with E-state index in [0.29, 0.717) is 5.69 Å². The summed E-state index contributed by atoms with van der Waals surface area (Å²) in [5.41, 5.74) is 3.31. The Morgan fingerprint density at radius 1 is 1.15 bits per heavy atom. The maximum atomic E-state index is 11.7. The molecule has 0 unspecified atom stereocenters. The number of amides is 2. The molecule has 6 nitrogen and oxygen atoms in total. The molecule has 2 N–H and O–H groups in total. The van der Waals surface area contributed by atoms with Crippen LogP contribution >= 0.6 is 11.8 Å². The Bertz CT molecular complexity index is 449.